The summed E-state index contributed by atoms with van der Waals surface area (Å²) >= 11 is 1.26. The molecule has 1 amide bonds. The van der Waals surface area contributed by atoms with Crippen LogP contribution in [-0.2, 0) is 11.3 Å². The number of carbonyl (C=O) groups is 1. The highest BCUT2D eigenvalue weighted by atomic mass is 32.2. The zero-order valence-corrected chi connectivity index (χ0v) is 20.2. The van der Waals surface area contributed by atoms with Crippen LogP contribution in [0.25, 0.3) is 11.5 Å². The van der Waals surface area contributed by atoms with Gasteiger partial charge in [0.2, 0.25) is 11.8 Å². The number of aromatic nitrogens is 2. The Balaban J connectivity index is 1.53. The summed E-state index contributed by atoms with van der Waals surface area (Å²) in [5, 5.41) is 8.61. The number of hydrogen-bond donors (Lipinski definition) is 0. The number of benzene rings is 2. The zero-order valence-electron chi connectivity index (χ0n) is 19.4. The average Bonchev–Trinajstić information content (AvgIpc) is 3.28. The van der Waals surface area contributed by atoms with Crippen LogP contribution in [0.1, 0.15) is 19.4 Å². The minimum atomic E-state index is 0.00927. The van der Waals surface area contributed by atoms with Crippen molar-refractivity contribution >= 4 is 29.0 Å². The highest BCUT2D eigenvalue weighted by Crippen LogP contribution is 2.25. The van der Waals surface area contributed by atoms with Gasteiger partial charge in [-0.25, -0.2) is 0 Å². The van der Waals surface area contributed by atoms with E-state index in [0.717, 1.165) is 35.6 Å². The average molecular weight is 454 g/mol. The van der Waals surface area contributed by atoms with Gasteiger partial charge in [0.05, 0.1) is 5.75 Å². The Kier molecular flexibility index (Phi) is 8.16. The molecule has 3 rings (SSSR count). The largest absolute Gasteiger partial charge is 0.411 e. The molecule has 2 aromatic carbocycles. The predicted octanol–water partition coefficient (Wildman–Crippen LogP) is 4.40. The Labute approximate surface area is 194 Å². The molecule has 0 aliphatic rings. The van der Waals surface area contributed by atoms with E-state index in [1.165, 1.54) is 11.8 Å². The summed E-state index contributed by atoms with van der Waals surface area (Å²) in [4.78, 5) is 18.6. The second-order valence-electron chi connectivity index (χ2n) is 7.69. The molecule has 0 fully saturated rings. The van der Waals surface area contributed by atoms with Crippen molar-refractivity contribution in [3.63, 3.8) is 0 Å². The molecule has 0 aliphatic heterocycles. The Hall–Kier alpha value is -3.00. The second kappa shape index (κ2) is 11.0. The number of hydrogen-bond acceptors (Lipinski definition) is 7. The molecule has 0 radical (unpaired) electrons. The normalized spacial score (nSPS) is 10.8. The van der Waals surface area contributed by atoms with Crippen molar-refractivity contribution in [1.29, 1.82) is 0 Å². The number of amides is 1. The Morgan fingerprint density at radius 3 is 2.12 bits per heavy atom. The number of carbonyl (C=O) groups excluding carboxylic acids is 1. The van der Waals surface area contributed by atoms with Crippen molar-refractivity contribution < 1.29 is 9.21 Å². The van der Waals surface area contributed by atoms with Crippen LogP contribution in [-0.4, -0.2) is 61.0 Å². The van der Waals surface area contributed by atoms with E-state index in [4.69, 9.17) is 4.42 Å². The third-order valence-corrected chi connectivity index (χ3v) is 6.07. The van der Waals surface area contributed by atoms with E-state index in [1.807, 2.05) is 43.3 Å². The van der Waals surface area contributed by atoms with Gasteiger partial charge in [0.15, 0.2) is 0 Å². The van der Waals surface area contributed by atoms with Gasteiger partial charge in [0.1, 0.15) is 0 Å². The van der Waals surface area contributed by atoms with Crippen LogP contribution >= 0.6 is 11.8 Å². The molecule has 0 atom stereocenters. The fraction of sp³-hybridized carbons (Fsp3) is 0.375. The first-order chi connectivity index (χ1) is 15.4. The van der Waals surface area contributed by atoms with E-state index in [9.17, 15) is 4.79 Å². The van der Waals surface area contributed by atoms with Crippen molar-refractivity contribution in [1.82, 2.24) is 15.1 Å². The van der Waals surface area contributed by atoms with Crippen LogP contribution in [0.15, 0.2) is 58.2 Å². The van der Waals surface area contributed by atoms with Crippen molar-refractivity contribution in [2.75, 3.05) is 49.8 Å². The monoisotopic (exact) mass is 453 g/mol. The lowest BCUT2D eigenvalue weighted by atomic mass is 10.2. The van der Waals surface area contributed by atoms with Gasteiger partial charge in [0.25, 0.3) is 5.22 Å². The molecule has 170 valence electrons. The fourth-order valence-electron chi connectivity index (χ4n) is 3.28. The first kappa shape index (κ1) is 23.7. The standard InChI is InChI=1S/C24H31N5O2S/c1-6-29(7-2)21-14-10-19(11-15-21)23-25-26-24(31-23)32-17-22(30)28(5)16-18-8-12-20(13-9-18)27(3)4/h8-15H,6-7,16-17H2,1-5H3. The summed E-state index contributed by atoms with van der Waals surface area (Å²) in [6.07, 6.45) is 0. The number of nitrogens with zero attached hydrogens (tertiary/aromatic N) is 5. The molecule has 0 spiro atoms. The van der Waals surface area contributed by atoms with Crippen molar-refractivity contribution in [2.24, 2.45) is 0 Å². The van der Waals surface area contributed by atoms with E-state index < -0.39 is 0 Å². The molecule has 0 saturated carbocycles. The molecule has 7 nitrogen and oxygen atoms in total. The molecule has 32 heavy (non-hydrogen) atoms. The lowest BCUT2D eigenvalue weighted by Crippen LogP contribution is -2.27. The molecule has 0 unspecified atom stereocenters. The lowest BCUT2D eigenvalue weighted by Gasteiger charge is -2.20. The van der Waals surface area contributed by atoms with Gasteiger partial charge in [-0.2, -0.15) is 0 Å². The quantitative estimate of drug-likeness (QED) is 0.422. The maximum atomic E-state index is 12.5. The molecular formula is C24H31N5O2S. The molecule has 0 N–H and O–H groups in total. The van der Waals surface area contributed by atoms with Crippen molar-refractivity contribution in [3.8, 4) is 11.5 Å². The molecule has 0 saturated heterocycles. The highest BCUT2D eigenvalue weighted by molar-refractivity contribution is 7.99. The minimum Gasteiger partial charge on any atom is -0.411 e. The van der Waals surface area contributed by atoms with Crippen LogP contribution in [0.2, 0.25) is 0 Å². The summed E-state index contributed by atoms with van der Waals surface area (Å²) < 4.78 is 5.76. The number of anilines is 2. The lowest BCUT2D eigenvalue weighted by molar-refractivity contribution is -0.127. The van der Waals surface area contributed by atoms with E-state index >= 15 is 0 Å². The maximum absolute atomic E-state index is 12.5. The van der Waals surface area contributed by atoms with E-state index in [0.29, 0.717) is 17.7 Å². The van der Waals surface area contributed by atoms with E-state index in [-0.39, 0.29) is 11.7 Å². The first-order valence-corrected chi connectivity index (χ1v) is 11.7. The summed E-state index contributed by atoms with van der Waals surface area (Å²) in [6.45, 7) is 6.75. The van der Waals surface area contributed by atoms with Crippen molar-refractivity contribution in [3.05, 3.63) is 54.1 Å². The number of thioether (sulfide) groups is 1. The Morgan fingerprint density at radius 1 is 0.906 bits per heavy atom. The van der Waals surface area contributed by atoms with Gasteiger partial charge in [-0.1, -0.05) is 23.9 Å². The molecule has 1 heterocycles. The van der Waals surface area contributed by atoms with E-state index in [2.05, 4.69) is 53.2 Å². The fourth-order valence-corrected chi connectivity index (χ4v) is 3.99. The molecule has 8 heteroatoms. The third-order valence-electron chi connectivity index (χ3n) is 5.27. The Morgan fingerprint density at radius 2 is 1.53 bits per heavy atom. The van der Waals surface area contributed by atoms with Crippen LogP contribution in [0.5, 0.6) is 0 Å². The third kappa shape index (κ3) is 6.03. The topological polar surface area (TPSA) is 65.7 Å². The summed E-state index contributed by atoms with van der Waals surface area (Å²) in [7, 11) is 5.82. The first-order valence-electron chi connectivity index (χ1n) is 10.7. The van der Waals surface area contributed by atoms with Crippen molar-refractivity contribution in [2.45, 2.75) is 25.6 Å². The minimum absolute atomic E-state index is 0.00927. The van der Waals surface area contributed by atoms with Crippen LogP contribution in [0.3, 0.4) is 0 Å². The molecule has 1 aromatic heterocycles. The highest BCUT2D eigenvalue weighted by Gasteiger charge is 2.14. The van der Waals surface area contributed by atoms with Crippen LogP contribution < -0.4 is 9.80 Å². The molecular weight excluding hydrogens is 422 g/mol. The maximum Gasteiger partial charge on any atom is 0.277 e. The van der Waals surface area contributed by atoms with Crippen LogP contribution in [0.4, 0.5) is 11.4 Å². The van der Waals surface area contributed by atoms with Gasteiger partial charge in [-0.15, -0.1) is 10.2 Å². The molecule has 3 aromatic rings. The van der Waals surface area contributed by atoms with Gasteiger partial charge in [-0.05, 0) is 55.8 Å². The SMILES string of the molecule is CCN(CC)c1ccc(-c2nnc(SCC(=O)N(C)Cc3ccc(N(C)C)cc3)o2)cc1. The van der Waals surface area contributed by atoms with E-state index in [1.54, 1.807) is 11.9 Å². The second-order valence-corrected chi connectivity index (χ2v) is 8.62. The molecule has 0 bridgehead atoms. The molecule has 0 aliphatic carbocycles. The predicted molar refractivity (Wildman–Crippen MR) is 131 cm³/mol. The summed E-state index contributed by atoms with van der Waals surface area (Å²) in [5.41, 5.74) is 4.25. The summed E-state index contributed by atoms with van der Waals surface area (Å²) in [5.74, 6) is 0.713. The Bertz CT molecular complexity index is 998. The number of rotatable bonds is 10. The van der Waals surface area contributed by atoms with Gasteiger partial charge < -0.3 is 19.1 Å². The smallest absolute Gasteiger partial charge is 0.277 e. The van der Waals surface area contributed by atoms with Crippen LogP contribution in [0, 0.1) is 0 Å². The summed E-state index contributed by atoms with van der Waals surface area (Å²) in [6, 6.07) is 16.3. The van der Waals surface area contributed by atoms with Gasteiger partial charge in [-0.3, -0.25) is 4.79 Å². The van der Waals surface area contributed by atoms with Gasteiger partial charge in [0, 0.05) is 57.7 Å². The van der Waals surface area contributed by atoms with Gasteiger partial charge >= 0.3 is 0 Å². The zero-order chi connectivity index (χ0) is 23.1.